The van der Waals surface area contributed by atoms with Gasteiger partial charge in [-0.2, -0.15) is 8.78 Å². The number of halogens is 4. The monoisotopic (exact) mass is 279 g/mol. The predicted molar refractivity (Wildman–Crippen MR) is 65.0 cm³/mol. The zero-order chi connectivity index (χ0) is 14.5. The Hall–Kier alpha value is -1.30. The molecule has 1 rings (SSSR count). The Morgan fingerprint density at radius 2 is 1.79 bits per heavy atom. The average molecular weight is 279 g/mol. The lowest BCUT2D eigenvalue weighted by Gasteiger charge is -2.17. The maximum Gasteiger partial charge on any atom is 0.340 e. The number of nitrogens with one attached hydrogen (secondary N) is 1. The van der Waals surface area contributed by atoms with Crippen LogP contribution >= 0.6 is 0 Å². The van der Waals surface area contributed by atoms with E-state index in [1.807, 2.05) is 13.8 Å². The van der Waals surface area contributed by atoms with Crippen molar-refractivity contribution in [3.05, 3.63) is 29.8 Å². The summed E-state index contributed by atoms with van der Waals surface area (Å²) in [6.45, 7) is 3.41. The molecule has 6 heteroatoms. The standard InChI is InChI=1S/C13H17F4NO/c1-3-18-9(2)10-4-6-11(7-5-10)19-8-13(16,17)12(14)15/h4-7,9,12,18H,3,8H2,1-2H3. The van der Waals surface area contributed by atoms with Gasteiger partial charge in [0, 0.05) is 6.04 Å². The van der Waals surface area contributed by atoms with E-state index in [0.717, 1.165) is 12.1 Å². The second-order valence-corrected chi connectivity index (χ2v) is 4.20. The summed E-state index contributed by atoms with van der Waals surface area (Å²) in [5.41, 5.74) is 0.967. The molecule has 0 fully saturated rings. The molecule has 0 radical (unpaired) electrons. The Kier molecular flexibility index (Phi) is 5.60. The Morgan fingerprint density at radius 1 is 1.21 bits per heavy atom. The summed E-state index contributed by atoms with van der Waals surface area (Å²) in [6.07, 6.45) is -3.72. The fraction of sp³-hybridized carbons (Fsp3) is 0.538. The van der Waals surface area contributed by atoms with Crippen molar-refractivity contribution in [3.8, 4) is 5.75 Å². The minimum atomic E-state index is -4.13. The minimum absolute atomic E-state index is 0.126. The van der Waals surface area contributed by atoms with E-state index in [9.17, 15) is 17.6 Å². The highest BCUT2D eigenvalue weighted by Gasteiger charge is 2.41. The van der Waals surface area contributed by atoms with Gasteiger partial charge >= 0.3 is 12.3 Å². The molecule has 19 heavy (non-hydrogen) atoms. The Bertz CT molecular complexity index is 381. The molecule has 1 atom stereocenters. The largest absolute Gasteiger partial charge is 0.487 e. The number of hydrogen-bond acceptors (Lipinski definition) is 2. The van der Waals surface area contributed by atoms with Crippen LogP contribution in [-0.4, -0.2) is 25.5 Å². The van der Waals surface area contributed by atoms with Crippen LogP contribution in [0.15, 0.2) is 24.3 Å². The molecule has 0 bridgehead atoms. The summed E-state index contributed by atoms with van der Waals surface area (Å²) in [5, 5.41) is 3.19. The van der Waals surface area contributed by atoms with Crippen molar-refractivity contribution in [3.63, 3.8) is 0 Å². The number of alkyl halides is 4. The summed E-state index contributed by atoms with van der Waals surface area (Å²) in [7, 11) is 0. The molecule has 0 spiro atoms. The maximum absolute atomic E-state index is 12.7. The van der Waals surface area contributed by atoms with Gasteiger partial charge in [-0.25, -0.2) is 8.78 Å². The molecular weight excluding hydrogens is 262 g/mol. The molecule has 108 valence electrons. The van der Waals surface area contributed by atoms with Crippen molar-refractivity contribution in [2.75, 3.05) is 13.2 Å². The summed E-state index contributed by atoms with van der Waals surface area (Å²) in [5.74, 6) is -3.98. The van der Waals surface area contributed by atoms with Gasteiger partial charge in [0.1, 0.15) is 5.75 Å². The molecule has 0 saturated carbocycles. The molecule has 0 aliphatic rings. The van der Waals surface area contributed by atoms with E-state index < -0.39 is 19.0 Å². The highest BCUT2D eigenvalue weighted by molar-refractivity contribution is 5.29. The van der Waals surface area contributed by atoms with Gasteiger partial charge in [0.05, 0.1) is 0 Å². The average Bonchev–Trinajstić information content (AvgIpc) is 2.37. The molecule has 0 aromatic heterocycles. The second kappa shape index (κ2) is 6.75. The molecule has 0 aliphatic carbocycles. The van der Waals surface area contributed by atoms with Crippen LogP contribution in [0.4, 0.5) is 17.6 Å². The third-order valence-electron chi connectivity index (χ3n) is 2.64. The number of hydrogen-bond donors (Lipinski definition) is 1. The van der Waals surface area contributed by atoms with Gasteiger partial charge in [-0.1, -0.05) is 19.1 Å². The fourth-order valence-electron chi connectivity index (χ4n) is 1.52. The molecule has 0 aliphatic heterocycles. The quantitative estimate of drug-likeness (QED) is 0.769. The van der Waals surface area contributed by atoms with E-state index in [2.05, 4.69) is 10.1 Å². The summed E-state index contributed by atoms with van der Waals surface area (Å²) in [6, 6.07) is 6.53. The number of ether oxygens (including phenoxy) is 1. The van der Waals surface area contributed by atoms with E-state index in [1.165, 1.54) is 12.1 Å². The predicted octanol–water partition coefficient (Wildman–Crippen LogP) is 3.64. The first-order valence-corrected chi connectivity index (χ1v) is 5.99. The number of rotatable bonds is 7. The van der Waals surface area contributed by atoms with Crippen LogP contribution in [-0.2, 0) is 0 Å². The molecule has 0 amide bonds. The van der Waals surface area contributed by atoms with Gasteiger partial charge < -0.3 is 10.1 Å². The lowest BCUT2D eigenvalue weighted by molar-refractivity contribution is -0.148. The molecule has 1 unspecified atom stereocenters. The molecule has 1 N–H and O–H groups in total. The summed E-state index contributed by atoms with van der Waals surface area (Å²) < 4.78 is 53.8. The lowest BCUT2D eigenvalue weighted by atomic mass is 10.1. The van der Waals surface area contributed by atoms with Crippen molar-refractivity contribution < 1.29 is 22.3 Å². The number of benzene rings is 1. The van der Waals surface area contributed by atoms with Crippen LogP contribution in [0, 0.1) is 0 Å². The molecule has 1 aromatic carbocycles. The zero-order valence-corrected chi connectivity index (χ0v) is 10.8. The van der Waals surface area contributed by atoms with E-state index in [4.69, 9.17) is 0 Å². The summed E-state index contributed by atoms with van der Waals surface area (Å²) in [4.78, 5) is 0. The molecule has 1 aromatic rings. The summed E-state index contributed by atoms with van der Waals surface area (Å²) >= 11 is 0. The Labute approximate surface area is 109 Å². The normalized spacial score (nSPS) is 13.6. The van der Waals surface area contributed by atoms with Crippen LogP contribution in [0.1, 0.15) is 25.5 Å². The third-order valence-corrected chi connectivity index (χ3v) is 2.64. The van der Waals surface area contributed by atoms with Gasteiger partial charge in [0.15, 0.2) is 6.61 Å². The molecule has 0 saturated heterocycles. The van der Waals surface area contributed by atoms with Crippen molar-refractivity contribution in [1.82, 2.24) is 5.32 Å². The van der Waals surface area contributed by atoms with Crippen LogP contribution in [0.25, 0.3) is 0 Å². The van der Waals surface area contributed by atoms with Crippen molar-refractivity contribution in [2.24, 2.45) is 0 Å². The van der Waals surface area contributed by atoms with Crippen LogP contribution in [0.5, 0.6) is 5.75 Å². The van der Waals surface area contributed by atoms with E-state index in [0.29, 0.717) is 0 Å². The highest BCUT2D eigenvalue weighted by Crippen LogP contribution is 2.25. The third kappa shape index (κ3) is 4.70. The fourth-order valence-corrected chi connectivity index (χ4v) is 1.52. The van der Waals surface area contributed by atoms with Crippen LogP contribution < -0.4 is 10.1 Å². The Morgan fingerprint density at radius 3 is 2.26 bits per heavy atom. The van der Waals surface area contributed by atoms with Crippen molar-refractivity contribution >= 4 is 0 Å². The first-order chi connectivity index (χ1) is 8.86. The first kappa shape index (κ1) is 15.8. The van der Waals surface area contributed by atoms with E-state index in [-0.39, 0.29) is 11.8 Å². The lowest BCUT2D eigenvalue weighted by Crippen LogP contribution is -2.33. The maximum atomic E-state index is 12.7. The zero-order valence-electron chi connectivity index (χ0n) is 10.8. The minimum Gasteiger partial charge on any atom is -0.487 e. The highest BCUT2D eigenvalue weighted by atomic mass is 19.3. The SMILES string of the molecule is CCNC(C)c1ccc(OCC(F)(F)C(F)F)cc1. The Balaban J connectivity index is 2.58. The van der Waals surface area contributed by atoms with Gasteiger partial charge in [-0.05, 0) is 31.2 Å². The molecule has 2 nitrogen and oxygen atoms in total. The van der Waals surface area contributed by atoms with Gasteiger partial charge in [0.2, 0.25) is 0 Å². The van der Waals surface area contributed by atoms with Crippen molar-refractivity contribution in [1.29, 1.82) is 0 Å². The first-order valence-electron chi connectivity index (χ1n) is 5.99. The smallest absolute Gasteiger partial charge is 0.340 e. The van der Waals surface area contributed by atoms with Crippen LogP contribution in [0.2, 0.25) is 0 Å². The van der Waals surface area contributed by atoms with E-state index in [1.54, 1.807) is 12.1 Å². The van der Waals surface area contributed by atoms with Gasteiger partial charge in [0.25, 0.3) is 0 Å². The topological polar surface area (TPSA) is 21.3 Å². The molecule has 0 heterocycles. The second-order valence-electron chi connectivity index (χ2n) is 4.20. The van der Waals surface area contributed by atoms with E-state index >= 15 is 0 Å². The van der Waals surface area contributed by atoms with Gasteiger partial charge in [-0.15, -0.1) is 0 Å². The van der Waals surface area contributed by atoms with Crippen molar-refractivity contribution in [2.45, 2.75) is 32.2 Å². The van der Waals surface area contributed by atoms with Gasteiger partial charge in [-0.3, -0.25) is 0 Å². The molecular formula is C13H17F4NO. The van der Waals surface area contributed by atoms with Crippen LogP contribution in [0.3, 0.4) is 0 Å².